The molecule has 0 radical (unpaired) electrons. The first-order valence-corrected chi connectivity index (χ1v) is 6.64. The van der Waals surface area contributed by atoms with Crippen molar-refractivity contribution in [2.75, 3.05) is 38.6 Å². The van der Waals surface area contributed by atoms with Crippen molar-refractivity contribution >= 4 is 23.1 Å². The minimum absolute atomic E-state index is 0.891. The third-order valence-electron chi connectivity index (χ3n) is 2.15. The average Bonchev–Trinajstić information content (AvgIpc) is 2.72. The Labute approximate surface area is 92.5 Å². The second kappa shape index (κ2) is 5.70. The van der Waals surface area contributed by atoms with Gasteiger partial charge in [-0.15, -0.1) is 11.3 Å². The highest BCUT2D eigenvalue weighted by Gasteiger charge is 2.09. The van der Waals surface area contributed by atoms with Crippen LogP contribution >= 0.6 is 23.1 Å². The number of hydrogen-bond acceptors (Lipinski definition) is 5. The molecule has 1 aliphatic rings. The van der Waals surface area contributed by atoms with E-state index in [1.54, 1.807) is 11.3 Å². The van der Waals surface area contributed by atoms with Gasteiger partial charge in [0.15, 0.2) is 0 Å². The van der Waals surface area contributed by atoms with Crippen LogP contribution in [-0.2, 0) is 4.74 Å². The Morgan fingerprint density at radius 1 is 1.50 bits per heavy atom. The summed E-state index contributed by atoms with van der Waals surface area (Å²) in [5, 5.41) is 2.02. The number of rotatable bonds is 4. The molecule has 1 aromatic heterocycles. The zero-order valence-electron chi connectivity index (χ0n) is 8.02. The van der Waals surface area contributed by atoms with E-state index in [-0.39, 0.29) is 0 Å². The molecule has 0 aliphatic carbocycles. The standard InChI is InChI=1S/C9H14N2OS2/c1-7-13-9(10-1)14-8-4-11-2-5-12-6-3-11/h1,7H,2-6,8H2. The Morgan fingerprint density at radius 3 is 3.07 bits per heavy atom. The lowest BCUT2D eigenvalue weighted by Gasteiger charge is -2.26. The first-order chi connectivity index (χ1) is 6.95. The van der Waals surface area contributed by atoms with Gasteiger partial charge in [0.05, 0.1) is 13.2 Å². The summed E-state index contributed by atoms with van der Waals surface area (Å²) < 4.78 is 6.47. The summed E-state index contributed by atoms with van der Waals surface area (Å²) in [6.07, 6.45) is 1.86. The molecule has 0 spiro atoms. The summed E-state index contributed by atoms with van der Waals surface area (Å²) in [5.74, 6) is 1.13. The number of aromatic nitrogens is 1. The molecule has 5 heteroatoms. The molecule has 2 rings (SSSR count). The number of thiazole rings is 1. The summed E-state index contributed by atoms with van der Waals surface area (Å²) in [6, 6.07) is 0. The predicted octanol–water partition coefficient (Wildman–Crippen LogP) is 1.57. The van der Waals surface area contributed by atoms with E-state index in [0.29, 0.717) is 0 Å². The van der Waals surface area contributed by atoms with Gasteiger partial charge in [-0.05, 0) is 0 Å². The third-order valence-corrected chi connectivity index (χ3v) is 4.09. The zero-order chi connectivity index (χ0) is 9.64. The maximum Gasteiger partial charge on any atom is 0.149 e. The summed E-state index contributed by atoms with van der Waals surface area (Å²) in [5.41, 5.74) is 0. The van der Waals surface area contributed by atoms with Gasteiger partial charge in [-0.3, -0.25) is 4.90 Å². The van der Waals surface area contributed by atoms with Crippen LogP contribution in [0.3, 0.4) is 0 Å². The lowest BCUT2D eigenvalue weighted by atomic mass is 10.4. The van der Waals surface area contributed by atoms with Crippen LogP contribution in [0.5, 0.6) is 0 Å². The minimum atomic E-state index is 0.891. The van der Waals surface area contributed by atoms with Gasteiger partial charge < -0.3 is 4.74 Å². The molecule has 1 aliphatic heterocycles. The summed E-state index contributed by atoms with van der Waals surface area (Å²) in [6.45, 7) is 5.09. The molecular formula is C9H14N2OS2. The van der Waals surface area contributed by atoms with Gasteiger partial charge in [0.1, 0.15) is 4.34 Å². The predicted molar refractivity (Wildman–Crippen MR) is 60.1 cm³/mol. The molecule has 2 heterocycles. The lowest BCUT2D eigenvalue weighted by Crippen LogP contribution is -2.37. The molecule has 14 heavy (non-hydrogen) atoms. The average molecular weight is 230 g/mol. The first kappa shape index (κ1) is 10.4. The van der Waals surface area contributed by atoms with Crippen molar-refractivity contribution in [3.63, 3.8) is 0 Å². The van der Waals surface area contributed by atoms with E-state index in [1.807, 2.05) is 23.3 Å². The molecule has 0 N–H and O–H groups in total. The minimum Gasteiger partial charge on any atom is -0.379 e. The van der Waals surface area contributed by atoms with E-state index < -0.39 is 0 Å². The SMILES string of the molecule is c1csc(SCCN2CCOCC2)n1. The highest BCUT2D eigenvalue weighted by atomic mass is 32.2. The van der Waals surface area contributed by atoms with Gasteiger partial charge in [-0.25, -0.2) is 4.98 Å². The maximum absolute atomic E-state index is 5.29. The number of nitrogens with zero attached hydrogens (tertiary/aromatic N) is 2. The van der Waals surface area contributed by atoms with Crippen LogP contribution in [0, 0.1) is 0 Å². The normalized spacial score (nSPS) is 18.6. The molecule has 1 fully saturated rings. The van der Waals surface area contributed by atoms with Gasteiger partial charge in [0.25, 0.3) is 0 Å². The summed E-state index contributed by atoms with van der Waals surface area (Å²) in [4.78, 5) is 6.69. The van der Waals surface area contributed by atoms with Crippen molar-refractivity contribution in [2.24, 2.45) is 0 Å². The largest absolute Gasteiger partial charge is 0.379 e. The van der Waals surface area contributed by atoms with Gasteiger partial charge in [-0.1, -0.05) is 11.8 Å². The second-order valence-electron chi connectivity index (χ2n) is 3.10. The smallest absolute Gasteiger partial charge is 0.149 e. The fourth-order valence-electron chi connectivity index (χ4n) is 1.37. The molecule has 3 nitrogen and oxygen atoms in total. The molecule has 0 aromatic carbocycles. The topological polar surface area (TPSA) is 25.4 Å². The van der Waals surface area contributed by atoms with E-state index in [2.05, 4.69) is 9.88 Å². The van der Waals surface area contributed by atoms with Gasteiger partial charge in [0.2, 0.25) is 0 Å². The second-order valence-corrected chi connectivity index (χ2v) is 5.34. The molecular weight excluding hydrogens is 216 g/mol. The maximum atomic E-state index is 5.29. The number of hydrogen-bond donors (Lipinski definition) is 0. The van der Waals surface area contributed by atoms with E-state index >= 15 is 0 Å². The van der Waals surface area contributed by atoms with Crippen molar-refractivity contribution in [1.29, 1.82) is 0 Å². The zero-order valence-corrected chi connectivity index (χ0v) is 9.65. The van der Waals surface area contributed by atoms with Crippen LogP contribution in [0.4, 0.5) is 0 Å². The van der Waals surface area contributed by atoms with Crippen LogP contribution in [0.15, 0.2) is 15.9 Å². The van der Waals surface area contributed by atoms with Crippen LogP contribution in [0.1, 0.15) is 0 Å². The molecule has 0 saturated carbocycles. The van der Waals surface area contributed by atoms with Crippen molar-refractivity contribution in [2.45, 2.75) is 4.34 Å². The Balaban J connectivity index is 1.62. The van der Waals surface area contributed by atoms with Crippen LogP contribution in [0.25, 0.3) is 0 Å². The molecule has 0 bridgehead atoms. The van der Waals surface area contributed by atoms with Crippen molar-refractivity contribution in [1.82, 2.24) is 9.88 Å². The lowest BCUT2D eigenvalue weighted by molar-refractivity contribution is 0.0410. The van der Waals surface area contributed by atoms with E-state index in [0.717, 1.165) is 38.6 Å². The molecule has 78 valence electrons. The van der Waals surface area contributed by atoms with Crippen LogP contribution < -0.4 is 0 Å². The Morgan fingerprint density at radius 2 is 2.36 bits per heavy atom. The molecule has 1 saturated heterocycles. The number of ether oxygens (including phenoxy) is 1. The fraction of sp³-hybridized carbons (Fsp3) is 0.667. The van der Waals surface area contributed by atoms with Gasteiger partial charge >= 0.3 is 0 Å². The molecule has 0 unspecified atom stereocenters. The third kappa shape index (κ3) is 3.24. The monoisotopic (exact) mass is 230 g/mol. The Kier molecular flexibility index (Phi) is 4.24. The summed E-state index contributed by atoms with van der Waals surface area (Å²) in [7, 11) is 0. The van der Waals surface area contributed by atoms with Gasteiger partial charge in [-0.2, -0.15) is 0 Å². The number of morpholine rings is 1. The summed E-state index contributed by atoms with van der Waals surface area (Å²) >= 11 is 3.56. The fourth-order valence-corrected chi connectivity index (χ4v) is 3.08. The highest BCUT2D eigenvalue weighted by Crippen LogP contribution is 2.19. The molecule has 1 aromatic rings. The number of thioether (sulfide) groups is 1. The van der Waals surface area contributed by atoms with Crippen molar-refractivity contribution < 1.29 is 4.74 Å². The van der Waals surface area contributed by atoms with Gasteiger partial charge in [0, 0.05) is 37.0 Å². The van der Waals surface area contributed by atoms with E-state index in [1.165, 1.54) is 4.34 Å². The van der Waals surface area contributed by atoms with Crippen molar-refractivity contribution in [3.05, 3.63) is 11.6 Å². The Bertz CT molecular complexity index is 247. The first-order valence-electron chi connectivity index (χ1n) is 4.77. The quantitative estimate of drug-likeness (QED) is 0.733. The van der Waals surface area contributed by atoms with E-state index in [4.69, 9.17) is 4.74 Å². The molecule has 0 atom stereocenters. The van der Waals surface area contributed by atoms with Crippen LogP contribution in [-0.4, -0.2) is 48.5 Å². The van der Waals surface area contributed by atoms with E-state index in [9.17, 15) is 0 Å². The van der Waals surface area contributed by atoms with Crippen LogP contribution in [0.2, 0.25) is 0 Å². The highest BCUT2D eigenvalue weighted by molar-refractivity contribution is 8.01. The van der Waals surface area contributed by atoms with Crippen molar-refractivity contribution in [3.8, 4) is 0 Å². The molecule has 0 amide bonds. The Hall–Kier alpha value is -0.100.